The van der Waals surface area contributed by atoms with E-state index < -0.39 is 0 Å². The zero-order valence-corrected chi connectivity index (χ0v) is 10.5. The molecule has 0 fully saturated rings. The maximum absolute atomic E-state index is 5.76. The zero-order chi connectivity index (χ0) is 12.4. The van der Waals surface area contributed by atoms with Gasteiger partial charge >= 0.3 is 0 Å². The monoisotopic (exact) mass is 256 g/mol. The van der Waals surface area contributed by atoms with Gasteiger partial charge in [0.25, 0.3) is 0 Å². The van der Waals surface area contributed by atoms with Crippen LogP contribution < -0.4 is 5.73 Å². The van der Waals surface area contributed by atoms with E-state index in [1.807, 2.05) is 18.2 Å². The maximum Gasteiger partial charge on any atom is 0.189 e. The van der Waals surface area contributed by atoms with Gasteiger partial charge in [0.05, 0.1) is 5.01 Å². The third kappa shape index (κ3) is 2.31. The van der Waals surface area contributed by atoms with Crippen LogP contribution in [0.3, 0.4) is 0 Å². The van der Waals surface area contributed by atoms with Crippen molar-refractivity contribution in [3.05, 3.63) is 47.2 Å². The number of aryl methyl sites for hydroxylation is 2. The lowest BCUT2D eigenvalue weighted by Crippen LogP contribution is -1.92. The maximum atomic E-state index is 5.76. The largest absolute Gasteiger partial charge is 0.399 e. The number of thiazole rings is 1. The highest BCUT2D eigenvalue weighted by atomic mass is 32.1. The van der Waals surface area contributed by atoms with E-state index in [1.165, 1.54) is 5.56 Å². The average Bonchev–Trinajstić information content (AvgIpc) is 2.79. The second-order valence-corrected chi connectivity index (χ2v) is 5.10. The highest BCUT2D eigenvalue weighted by Crippen LogP contribution is 2.19. The number of hydrogen-bond acceptors (Lipinski definition) is 5. The Balaban J connectivity index is 1.76. The van der Waals surface area contributed by atoms with Gasteiger partial charge in [0.15, 0.2) is 10.5 Å². The van der Waals surface area contributed by atoms with Crippen molar-refractivity contribution in [2.24, 2.45) is 0 Å². The van der Waals surface area contributed by atoms with Crippen LogP contribution in [0.25, 0.3) is 10.5 Å². The number of rotatable bonds is 3. The molecular formula is C13H12N4S. The quantitative estimate of drug-likeness (QED) is 0.731. The summed E-state index contributed by atoms with van der Waals surface area (Å²) in [5.41, 5.74) is 8.53. The van der Waals surface area contributed by atoms with E-state index in [4.69, 9.17) is 5.73 Å². The molecule has 0 aliphatic carbocycles. The fourth-order valence-electron chi connectivity index (χ4n) is 1.83. The molecule has 0 bridgehead atoms. The van der Waals surface area contributed by atoms with Gasteiger partial charge in [-0.15, -0.1) is 0 Å². The van der Waals surface area contributed by atoms with Gasteiger partial charge in [0.1, 0.15) is 0 Å². The third-order valence-corrected chi connectivity index (χ3v) is 3.68. The molecule has 2 N–H and O–H groups in total. The normalized spacial score (nSPS) is 10.9. The molecule has 0 unspecified atom stereocenters. The molecule has 90 valence electrons. The van der Waals surface area contributed by atoms with E-state index in [0.717, 1.165) is 34.0 Å². The molecule has 0 spiro atoms. The smallest absolute Gasteiger partial charge is 0.189 e. The fourth-order valence-corrected chi connectivity index (χ4v) is 2.69. The molecule has 18 heavy (non-hydrogen) atoms. The molecule has 2 heterocycles. The second kappa shape index (κ2) is 4.70. The zero-order valence-electron chi connectivity index (χ0n) is 9.71. The van der Waals surface area contributed by atoms with E-state index in [9.17, 15) is 0 Å². The number of aromatic nitrogens is 3. The number of fused-ring (bicyclic) bond motifs is 1. The number of benzene rings is 1. The molecule has 4 nitrogen and oxygen atoms in total. The molecule has 3 aromatic rings. The van der Waals surface area contributed by atoms with E-state index in [0.29, 0.717) is 0 Å². The summed E-state index contributed by atoms with van der Waals surface area (Å²) >= 11 is 1.60. The molecule has 1 aromatic carbocycles. The number of anilines is 1. The average molecular weight is 256 g/mol. The van der Waals surface area contributed by atoms with Gasteiger partial charge in [-0.3, -0.25) is 0 Å². The second-order valence-electron chi connectivity index (χ2n) is 4.04. The Kier molecular flexibility index (Phi) is 2.90. The van der Waals surface area contributed by atoms with Crippen LogP contribution in [0.4, 0.5) is 5.69 Å². The predicted molar refractivity (Wildman–Crippen MR) is 73.5 cm³/mol. The molecule has 3 rings (SSSR count). The Labute approximate surface area is 109 Å². The molecular weight excluding hydrogens is 244 g/mol. The van der Waals surface area contributed by atoms with Gasteiger partial charge in [-0.05, 0) is 24.1 Å². The lowest BCUT2D eigenvalue weighted by Gasteiger charge is -2.00. The van der Waals surface area contributed by atoms with Crippen molar-refractivity contribution < 1.29 is 0 Å². The van der Waals surface area contributed by atoms with Crippen molar-refractivity contribution in [2.75, 3.05) is 5.73 Å². The Hall–Kier alpha value is -2.01. The molecule has 0 atom stereocenters. The summed E-state index contributed by atoms with van der Waals surface area (Å²) in [4.78, 5) is 13.8. The van der Waals surface area contributed by atoms with Crippen LogP contribution in [0, 0.1) is 0 Å². The standard InChI is InChI=1S/C13H12N4S/c14-10-3-1-2-9(8-10)4-5-11-17-12-13(18-11)16-7-6-15-12/h1-3,6-8H,4-5,14H2. The lowest BCUT2D eigenvalue weighted by atomic mass is 10.1. The van der Waals surface area contributed by atoms with Gasteiger partial charge in [-0.1, -0.05) is 23.5 Å². The van der Waals surface area contributed by atoms with Crippen LogP contribution in [0.5, 0.6) is 0 Å². The summed E-state index contributed by atoms with van der Waals surface area (Å²) in [6.07, 6.45) is 5.20. The summed E-state index contributed by atoms with van der Waals surface area (Å²) in [5, 5.41) is 1.07. The molecule has 0 saturated carbocycles. The van der Waals surface area contributed by atoms with Gasteiger partial charge in [-0.25, -0.2) is 15.0 Å². The van der Waals surface area contributed by atoms with E-state index in [-0.39, 0.29) is 0 Å². The van der Waals surface area contributed by atoms with Crippen LogP contribution in [0.1, 0.15) is 10.6 Å². The Morgan fingerprint density at radius 3 is 2.83 bits per heavy atom. The van der Waals surface area contributed by atoms with E-state index >= 15 is 0 Å². The first-order chi connectivity index (χ1) is 8.81. The number of hydrogen-bond donors (Lipinski definition) is 1. The highest BCUT2D eigenvalue weighted by Gasteiger charge is 2.05. The topological polar surface area (TPSA) is 64.7 Å². The minimum atomic E-state index is 0.741. The van der Waals surface area contributed by atoms with Crippen LogP contribution in [0.2, 0.25) is 0 Å². The Bertz CT molecular complexity index is 644. The van der Waals surface area contributed by atoms with Crippen LogP contribution in [-0.4, -0.2) is 15.0 Å². The molecule has 2 aromatic heterocycles. The molecule has 0 aliphatic heterocycles. The van der Waals surface area contributed by atoms with Crippen LogP contribution >= 0.6 is 11.3 Å². The minimum Gasteiger partial charge on any atom is -0.399 e. The predicted octanol–water partition coefficient (Wildman–Crippen LogP) is 2.45. The van der Waals surface area contributed by atoms with E-state index in [1.54, 1.807) is 23.7 Å². The minimum absolute atomic E-state index is 0.741. The van der Waals surface area contributed by atoms with Crippen molar-refractivity contribution in [3.8, 4) is 0 Å². The summed E-state index contributed by atoms with van der Waals surface area (Å²) < 4.78 is 0. The molecule has 0 amide bonds. The van der Waals surface area contributed by atoms with Crippen molar-refractivity contribution in [3.63, 3.8) is 0 Å². The van der Waals surface area contributed by atoms with Crippen molar-refractivity contribution >= 4 is 27.5 Å². The highest BCUT2D eigenvalue weighted by molar-refractivity contribution is 7.18. The molecule has 0 saturated heterocycles. The van der Waals surface area contributed by atoms with Gasteiger partial charge in [0.2, 0.25) is 0 Å². The molecule has 0 radical (unpaired) electrons. The van der Waals surface area contributed by atoms with Crippen LogP contribution in [0.15, 0.2) is 36.7 Å². The van der Waals surface area contributed by atoms with Gasteiger partial charge in [-0.2, -0.15) is 0 Å². The summed E-state index contributed by atoms with van der Waals surface area (Å²) in [6, 6.07) is 7.96. The summed E-state index contributed by atoms with van der Waals surface area (Å²) in [7, 11) is 0. The first-order valence-electron chi connectivity index (χ1n) is 5.72. The van der Waals surface area contributed by atoms with Crippen molar-refractivity contribution in [1.82, 2.24) is 15.0 Å². The number of nitrogens with zero attached hydrogens (tertiary/aromatic N) is 3. The summed E-state index contributed by atoms with van der Waals surface area (Å²) in [6.45, 7) is 0. The molecule has 0 aliphatic rings. The third-order valence-electron chi connectivity index (χ3n) is 2.67. The van der Waals surface area contributed by atoms with Crippen molar-refractivity contribution in [1.29, 1.82) is 0 Å². The summed E-state index contributed by atoms with van der Waals surface area (Å²) in [5.74, 6) is 0. The molecule has 5 heteroatoms. The lowest BCUT2D eigenvalue weighted by molar-refractivity contribution is 0.947. The Morgan fingerprint density at radius 1 is 1.11 bits per heavy atom. The van der Waals surface area contributed by atoms with E-state index in [2.05, 4.69) is 21.0 Å². The van der Waals surface area contributed by atoms with Crippen LogP contribution in [-0.2, 0) is 12.8 Å². The fraction of sp³-hybridized carbons (Fsp3) is 0.154. The van der Waals surface area contributed by atoms with Gasteiger partial charge in [0, 0.05) is 24.5 Å². The number of nitrogen functional groups attached to an aromatic ring is 1. The first kappa shape index (κ1) is 11.1. The SMILES string of the molecule is Nc1cccc(CCc2nc3nccnc3s2)c1. The Morgan fingerprint density at radius 2 is 2.00 bits per heavy atom. The van der Waals surface area contributed by atoms with Gasteiger partial charge < -0.3 is 5.73 Å². The number of nitrogens with two attached hydrogens (primary N) is 1. The van der Waals surface area contributed by atoms with Crippen molar-refractivity contribution in [2.45, 2.75) is 12.8 Å². The first-order valence-corrected chi connectivity index (χ1v) is 6.54.